The first kappa shape index (κ1) is 21.2. The minimum Gasteiger partial charge on any atom is -0.490 e. The fraction of sp³-hybridized carbons (Fsp3) is 0.174. The van der Waals surface area contributed by atoms with Crippen LogP contribution in [0.2, 0.25) is 0 Å². The van der Waals surface area contributed by atoms with Gasteiger partial charge in [0.2, 0.25) is 0 Å². The monoisotopic (exact) mass is 415 g/mol. The Morgan fingerprint density at radius 3 is 2.00 bits per heavy atom. The van der Waals surface area contributed by atoms with Crippen molar-refractivity contribution in [2.24, 2.45) is 0 Å². The van der Waals surface area contributed by atoms with Crippen LogP contribution in [0.15, 0.2) is 72.8 Å². The second kappa shape index (κ2) is 9.35. The molecular weight excluding hydrogens is 395 g/mol. The van der Waals surface area contributed by atoms with Gasteiger partial charge < -0.3 is 14.8 Å². The van der Waals surface area contributed by atoms with Crippen LogP contribution < -0.4 is 14.8 Å². The van der Waals surface area contributed by atoms with E-state index in [4.69, 9.17) is 9.47 Å². The maximum Gasteiger partial charge on any atom is 0.416 e. The number of anilines is 1. The van der Waals surface area contributed by atoms with Gasteiger partial charge >= 0.3 is 6.18 Å². The molecule has 0 fully saturated rings. The molecule has 0 saturated carbocycles. The van der Waals surface area contributed by atoms with Crippen LogP contribution in [-0.2, 0) is 6.18 Å². The van der Waals surface area contributed by atoms with Gasteiger partial charge in [-0.05, 0) is 61.5 Å². The van der Waals surface area contributed by atoms with Crippen LogP contribution in [0.1, 0.15) is 21.5 Å². The Balaban J connectivity index is 1.50. The zero-order valence-corrected chi connectivity index (χ0v) is 16.2. The second-order valence-corrected chi connectivity index (χ2v) is 6.57. The highest BCUT2D eigenvalue weighted by Crippen LogP contribution is 2.30. The van der Waals surface area contributed by atoms with Gasteiger partial charge in [0.15, 0.2) is 0 Å². The first-order valence-corrected chi connectivity index (χ1v) is 9.22. The van der Waals surface area contributed by atoms with E-state index in [2.05, 4.69) is 5.32 Å². The van der Waals surface area contributed by atoms with Crippen LogP contribution in [0.5, 0.6) is 11.5 Å². The molecule has 0 aliphatic carbocycles. The van der Waals surface area contributed by atoms with Crippen LogP contribution in [0.25, 0.3) is 0 Å². The highest BCUT2D eigenvalue weighted by molar-refractivity contribution is 6.04. The summed E-state index contributed by atoms with van der Waals surface area (Å²) in [6, 6.07) is 18.5. The minimum atomic E-state index is -4.47. The summed E-state index contributed by atoms with van der Waals surface area (Å²) >= 11 is 0. The van der Waals surface area contributed by atoms with Gasteiger partial charge in [-0.3, -0.25) is 4.79 Å². The zero-order chi connectivity index (χ0) is 21.6. The van der Waals surface area contributed by atoms with Gasteiger partial charge in [0, 0.05) is 11.3 Å². The Morgan fingerprint density at radius 2 is 1.43 bits per heavy atom. The van der Waals surface area contributed by atoms with Gasteiger partial charge in [-0.1, -0.05) is 23.8 Å². The lowest BCUT2D eigenvalue weighted by Gasteiger charge is -2.11. The number of hydrogen-bond donors (Lipinski definition) is 1. The molecule has 1 amide bonds. The lowest BCUT2D eigenvalue weighted by molar-refractivity contribution is -0.137. The van der Waals surface area contributed by atoms with Crippen molar-refractivity contribution < 1.29 is 27.4 Å². The smallest absolute Gasteiger partial charge is 0.416 e. The molecule has 7 heteroatoms. The third kappa shape index (κ3) is 6.01. The average molecular weight is 415 g/mol. The van der Waals surface area contributed by atoms with E-state index in [1.54, 1.807) is 24.3 Å². The molecule has 3 aromatic rings. The molecule has 3 aromatic carbocycles. The number of aryl methyl sites for hydroxylation is 1. The number of ether oxygens (including phenoxy) is 2. The predicted molar refractivity (Wildman–Crippen MR) is 108 cm³/mol. The molecule has 4 nitrogen and oxygen atoms in total. The van der Waals surface area contributed by atoms with Gasteiger partial charge in [-0.15, -0.1) is 0 Å². The molecule has 0 unspecified atom stereocenters. The van der Waals surface area contributed by atoms with Crippen LogP contribution in [0, 0.1) is 6.92 Å². The number of alkyl halides is 3. The second-order valence-electron chi connectivity index (χ2n) is 6.57. The van der Waals surface area contributed by atoms with Crippen LogP contribution in [0.4, 0.5) is 18.9 Å². The van der Waals surface area contributed by atoms with Gasteiger partial charge in [-0.25, -0.2) is 0 Å². The lowest BCUT2D eigenvalue weighted by Crippen LogP contribution is -2.13. The van der Waals surface area contributed by atoms with E-state index in [-0.39, 0.29) is 5.69 Å². The first-order chi connectivity index (χ1) is 14.3. The van der Waals surface area contributed by atoms with Crippen molar-refractivity contribution >= 4 is 11.6 Å². The van der Waals surface area contributed by atoms with Crippen LogP contribution in [-0.4, -0.2) is 19.1 Å². The number of carbonyl (C=O) groups is 1. The molecule has 1 N–H and O–H groups in total. The summed E-state index contributed by atoms with van der Waals surface area (Å²) < 4.78 is 49.5. The molecule has 3 rings (SSSR count). The van der Waals surface area contributed by atoms with E-state index in [0.29, 0.717) is 24.5 Å². The first-order valence-electron chi connectivity index (χ1n) is 9.22. The Kier molecular flexibility index (Phi) is 6.61. The normalized spacial score (nSPS) is 11.1. The Hall–Kier alpha value is -3.48. The van der Waals surface area contributed by atoms with Gasteiger partial charge in [0.05, 0.1) is 5.56 Å². The van der Waals surface area contributed by atoms with E-state index < -0.39 is 17.6 Å². The number of amides is 1. The number of hydrogen-bond acceptors (Lipinski definition) is 3. The molecular formula is C23H20F3NO3. The fourth-order valence-corrected chi connectivity index (χ4v) is 2.63. The summed E-state index contributed by atoms with van der Waals surface area (Å²) in [7, 11) is 0. The zero-order valence-electron chi connectivity index (χ0n) is 16.2. The SMILES string of the molecule is Cc1ccc(OCCOc2ccc(C(=O)Nc3cccc(C(F)(F)F)c3)cc2)cc1. The summed E-state index contributed by atoms with van der Waals surface area (Å²) in [5, 5.41) is 2.46. The molecule has 0 atom stereocenters. The van der Waals surface area contributed by atoms with E-state index >= 15 is 0 Å². The number of carbonyl (C=O) groups excluding carboxylic acids is 1. The standard InChI is InChI=1S/C23H20F3NO3/c1-16-5-9-20(10-6-16)29-13-14-30-21-11-7-17(8-12-21)22(28)27-19-4-2-3-18(15-19)23(24,25)26/h2-12,15H,13-14H2,1H3,(H,27,28). The molecule has 156 valence electrons. The quantitative estimate of drug-likeness (QED) is 0.502. The molecule has 30 heavy (non-hydrogen) atoms. The molecule has 0 aliphatic rings. The molecule has 0 heterocycles. The largest absolute Gasteiger partial charge is 0.490 e. The van der Waals surface area contributed by atoms with Crippen molar-refractivity contribution in [3.8, 4) is 11.5 Å². The van der Waals surface area contributed by atoms with Crippen molar-refractivity contribution in [3.63, 3.8) is 0 Å². The number of halogens is 3. The molecule has 0 spiro atoms. The summed E-state index contributed by atoms with van der Waals surface area (Å²) in [4.78, 5) is 12.3. The van der Waals surface area contributed by atoms with Crippen molar-refractivity contribution in [1.29, 1.82) is 0 Å². The van der Waals surface area contributed by atoms with Gasteiger partial charge in [0.1, 0.15) is 24.7 Å². The maximum absolute atomic E-state index is 12.8. The van der Waals surface area contributed by atoms with Crippen molar-refractivity contribution in [1.82, 2.24) is 0 Å². The Morgan fingerprint density at radius 1 is 0.867 bits per heavy atom. The fourth-order valence-electron chi connectivity index (χ4n) is 2.63. The molecule has 0 saturated heterocycles. The minimum absolute atomic E-state index is 0.0726. The lowest BCUT2D eigenvalue weighted by atomic mass is 10.1. The molecule has 0 aromatic heterocycles. The summed E-state index contributed by atoms with van der Waals surface area (Å²) in [6.45, 7) is 2.68. The number of nitrogens with one attached hydrogen (secondary N) is 1. The highest BCUT2D eigenvalue weighted by Gasteiger charge is 2.30. The summed E-state index contributed by atoms with van der Waals surface area (Å²) in [5.41, 5.74) is 0.701. The molecule has 0 radical (unpaired) electrons. The van der Waals surface area contributed by atoms with Crippen LogP contribution in [0.3, 0.4) is 0 Å². The van der Waals surface area contributed by atoms with Gasteiger partial charge in [-0.2, -0.15) is 13.2 Å². The summed E-state index contributed by atoms with van der Waals surface area (Å²) in [6.07, 6.45) is -4.47. The molecule has 0 bridgehead atoms. The van der Waals surface area contributed by atoms with E-state index in [1.807, 2.05) is 31.2 Å². The number of rotatable bonds is 7. The summed E-state index contributed by atoms with van der Waals surface area (Å²) in [5.74, 6) is 0.799. The van der Waals surface area contributed by atoms with E-state index in [0.717, 1.165) is 23.4 Å². The average Bonchev–Trinajstić information content (AvgIpc) is 2.72. The number of benzene rings is 3. The topological polar surface area (TPSA) is 47.6 Å². The third-order valence-electron chi connectivity index (χ3n) is 4.21. The van der Waals surface area contributed by atoms with E-state index in [9.17, 15) is 18.0 Å². The highest BCUT2D eigenvalue weighted by atomic mass is 19.4. The molecule has 0 aliphatic heterocycles. The van der Waals surface area contributed by atoms with Crippen molar-refractivity contribution in [2.75, 3.05) is 18.5 Å². The Bertz CT molecular complexity index is 984. The van der Waals surface area contributed by atoms with Crippen molar-refractivity contribution in [3.05, 3.63) is 89.5 Å². The van der Waals surface area contributed by atoms with Crippen LogP contribution >= 0.6 is 0 Å². The van der Waals surface area contributed by atoms with Gasteiger partial charge in [0.25, 0.3) is 5.91 Å². The third-order valence-corrected chi connectivity index (χ3v) is 4.21. The van der Waals surface area contributed by atoms with E-state index in [1.165, 1.54) is 12.1 Å². The van der Waals surface area contributed by atoms with Crippen molar-refractivity contribution in [2.45, 2.75) is 13.1 Å². The Labute approximate surface area is 172 Å². The predicted octanol–water partition coefficient (Wildman–Crippen LogP) is 5.72. The maximum atomic E-state index is 12.8.